The van der Waals surface area contributed by atoms with Crippen LogP contribution in [0.5, 0.6) is 5.75 Å². The van der Waals surface area contributed by atoms with Gasteiger partial charge in [0, 0.05) is 0 Å². The first-order valence-electron chi connectivity index (χ1n) is 6.79. The molecular weight excluding hydrogens is 288 g/mol. The molecule has 116 valence electrons. The number of benzene rings is 1. The monoisotopic (exact) mass is 304 g/mol. The molecule has 6 nitrogen and oxygen atoms in total. The van der Waals surface area contributed by atoms with Gasteiger partial charge in [-0.05, 0) is 37.0 Å². The lowest BCUT2D eigenvalue weighted by molar-refractivity contribution is -0.139. The molecule has 0 saturated heterocycles. The quantitative estimate of drug-likeness (QED) is 0.706. The number of hydrogen-bond donors (Lipinski definition) is 3. The van der Waals surface area contributed by atoms with Crippen molar-refractivity contribution in [2.24, 2.45) is 0 Å². The van der Waals surface area contributed by atoms with Crippen LogP contribution in [-0.4, -0.2) is 39.0 Å². The van der Waals surface area contributed by atoms with E-state index in [1.165, 1.54) is 13.0 Å². The van der Waals surface area contributed by atoms with E-state index in [0.29, 0.717) is 11.1 Å². The molecule has 1 unspecified atom stereocenters. The Morgan fingerprint density at radius 2 is 2.00 bits per heavy atom. The van der Waals surface area contributed by atoms with Gasteiger partial charge < -0.3 is 15.3 Å². The van der Waals surface area contributed by atoms with E-state index in [1.54, 1.807) is 12.1 Å². The average Bonchev–Trinajstić information content (AvgIpc) is 2.36. The molecule has 1 aromatic carbocycles. The first kappa shape index (κ1) is 15.9. The number of phenolic OH excluding ortho intramolecular Hbond substituents is 1. The second-order valence-corrected chi connectivity index (χ2v) is 5.31. The van der Waals surface area contributed by atoms with E-state index in [0.717, 1.165) is 0 Å². The molecule has 22 heavy (non-hydrogen) atoms. The van der Waals surface area contributed by atoms with Gasteiger partial charge >= 0.3 is 5.97 Å². The van der Waals surface area contributed by atoms with E-state index < -0.39 is 30.1 Å². The van der Waals surface area contributed by atoms with Crippen molar-refractivity contribution in [2.45, 2.75) is 32.3 Å². The first-order valence-corrected chi connectivity index (χ1v) is 6.79. The van der Waals surface area contributed by atoms with Crippen molar-refractivity contribution in [3.8, 4) is 5.75 Å². The number of fused-ring (bicyclic) bond motifs is 1. The van der Waals surface area contributed by atoms with Crippen molar-refractivity contribution in [3.05, 3.63) is 40.5 Å². The molecule has 1 aliphatic rings. The fourth-order valence-corrected chi connectivity index (χ4v) is 2.74. The Bertz CT molecular complexity index is 686. The second-order valence-electron chi connectivity index (χ2n) is 5.31. The van der Waals surface area contributed by atoms with Gasteiger partial charge in [-0.3, -0.25) is 14.4 Å². The minimum Gasteiger partial charge on any atom is -0.507 e. The minimum atomic E-state index is -1.17. The van der Waals surface area contributed by atoms with Gasteiger partial charge in [0.25, 0.3) is 0 Å². The van der Waals surface area contributed by atoms with Gasteiger partial charge in [0.05, 0.1) is 23.7 Å². The number of allylic oxidation sites excluding steroid dienone is 1. The van der Waals surface area contributed by atoms with Gasteiger partial charge in [-0.25, -0.2) is 0 Å². The minimum absolute atomic E-state index is 0.0674. The Kier molecular flexibility index (Phi) is 4.42. The Morgan fingerprint density at radius 1 is 1.32 bits per heavy atom. The third kappa shape index (κ3) is 3.07. The number of ketones is 2. The van der Waals surface area contributed by atoms with Crippen LogP contribution in [-0.2, 0) is 16.0 Å². The topological polar surface area (TPSA) is 112 Å². The highest BCUT2D eigenvalue weighted by molar-refractivity contribution is 6.28. The van der Waals surface area contributed by atoms with Crippen LogP contribution in [0.15, 0.2) is 29.3 Å². The molecule has 2 rings (SSSR count). The highest BCUT2D eigenvalue weighted by atomic mass is 16.4. The maximum atomic E-state index is 12.5. The van der Waals surface area contributed by atoms with Crippen LogP contribution in [0, 0.1) is 0 Å². The summed E-state index contributed by atoms with van der Waals surface area (Å²) in [6.45, 7) is 1.24. The zero-order chi connectivity index (χ0) is 16.4. The van der Waals surface area contributed by atoms with Crippen molar-refractivity contribution in [2.75, 3.05) is 0 Å². The summed E-state index contributed by atoms with van der Waals surface area (Å²) in [5, 5.41) is 28.3. The largest absolute Gasteiger partial charge is 0.507 e. The lowest BCUT2D eigenvalue weighted by Crippen LogP contribution is -2.24. The van der Waals surface area contributed by atoms with Crippen LogP contribution in [0.3, 0.4) is 0 Å². The molecule has 1 atom stereocenters. The van der Waals surface area contributed by atoms with Gasteiger partial charge in [-0.1, -0.05) is 12.1 Å². The highest BCUT2D eigenvalue weighted by Crippen LogP contribution is 2.34. The van der Waals surface area contributed by atoms with E-state index in [4.69, 9.17) is 5.11 Å². The molecule has 0 aliphatic heterocycles. The first-order chi connectivity index (χ1) is 10.3. The van der Waals surface area contributed by atoms with Crippen molar-refractivity contribution < 1.29 is 29.7 Å². The van der Waals surface area contributed by atoms with Gasteiger partial charge in [-0.15, -0.1) is 0 Å². The molecule has 0 radical (unpaired) electrons. The summed E-state index contributed by atoms with van der Waals surface area (Å²) in [5.41, 5.74) is 1.000. The summed E-state index contributed by atoms with van der Waals surface area (Å²) in [5.74, 6) is -2.38. The van der Waals surface area contributed by atoms with Gasteiger partial charge in [0.2, 0.25) is 5.78 Å². The van der Waals surface area contributed by atoms with Gasteiger partial charge in [0.15, 0.2) is 5.78 Å². The lowest BCUT2D eigenvalue weighted by Gasteiger charge is -2.22. The molecule has 0 spiro atoms. The van der Waals surface area contributed by atoms with Gasteiger partial charge in [0.1, 0.15) is 5.75 Å². The number of rotatable bonds is 5. The number of carbonyl (C=O) groups is 3. The third-order valence-electron chi connectivity index (χ3n) is 3.58. The molecule has 3 N–H and O–H groups in total. The SMILES string of the molecule is CC(=O)C1=C(CC(O)CC(=O)O)Cc2cccc(O)c2C1=O. The molecule has 0 heterocycles. The molecule has 0 bridgehead atoms. The van der Waals surface area contributed by atoms with Crippen LogP contribution in [0.4, 0.5) is 0 Å². The molecule has 0 amide bonds. The molecule has 0 saturated carbocycles. The maximum absolute atomic E-state index is 12.5. The molecule has 1 aliphatic carbocycles. The number of carbonyl (C=O) groups excluding carboxylic acids is 2. The van der Waals surface area contributed by atoms with E-state index in [1.807, 2.05) is 0 Å². The van der Waals surface area contributed by atoms with Crippen LogP contribution in [0.1, 0.15) is 35.7 Å². The van der Waals surface area contributed by atoms with Crippen molar-refractivity contribution in [3.63, 3.8) is 0 Å². The fourth-order valence-electron chi connectivity index (χ4n) is 2.74. The number of carboxylic acids is 1. The number of aromatic hydroxyl groups is 1. The van der Waals surface area contributed by atoms with E-state index in [-0.39, 0.29) is 29.7 Å². The Labute approximate surface area is 126 Å². The molecular formula is C16H16O6. The number of hydrogen-bond acceptors (Lipinski definition) is 5. The Morgan fingerprint density at radius 3 is 2.59 bits per heavy atom. The molecule has 0 fully saturated rings. The number of carboxylic acid groups (broad SMARTS) is 1. The van der Waals surface area contributed by atoms with E-state index >= 15 is 0 Å². The van der Waals surface area contributed by atoms with Crippen LogP contribution in [0.25, 0.3) is 0 Å². The zero-order valence-electron chi connectivity index (χ0n) is 12.0. The van der Waals surface area contributed by atoms with E-state index in [9.17, 15) is 24.6 Å². The van der Waals surface area contributed by atoms with Gasteiger partial charge in [-0.2, -0.15) is 0 Å². The normalized spacial score (nSPS) is 15.5. The summed E-state index contributed by atoms with van der Waals surface area (Å²) >= 11 is 0. The Balaban J connectivity index is 2.42. The third-order valence-corrected chi connectivity index (χ3v) is 3.58. The van der Waals surface area contributed by atoms with Crippen LogP contribution in [0.2, 0.25) is 0 Å². The number of aliphatic hydroxyl groups is 1. The summed E-state index contributed by atoms with van der Waals surface area (Å²) < 4.78 is 0. The fraction of sp³-hybridized carbons (Fsp3) is 0.312. The summed E-state index contributed by atoms with van der Waals surface area (Å²) in [7, 11) is 0. The lowest BCUT2D eigenvalue weighted by atomic mass is 9.81. The smallest absolute Gasteiger partial charge is 0.305 e. The van der Waals surface area contributed by atoms with Crippen LogP contribution < -0.4 is 0 Å². The number of aliphatic hydroxyl groups excluding tert-OH is 1. The Hall–Kier alpha value is -2.47. The number of phenols is 1. The van der Waals surface area contributed by atoms with E-state index in [2.05, 4.69) is 0 Å². The molecule has 6 heteroatoms. The van der Waals surface area contributed by atoms with Crippen molar-refractivity contribution in [1.82, 2.24) is 0 Å². The maximum Gasteiger partial charge on any atom is 0.305 e. The van der Waals surface area contributed by atoms with Crippen LogP contribution >= 0.6 is 0 Å². The average molecular weight is 304 g/mol. The number of Topliss-reactive ketones (excluding diaryl/α,β-unsaturated/α-hetero) is 2. The predicted molar refractivity (Wildman–Crippen MR) is 76.7 cm³/mol. The molecule has 1 aromatic rings. The predicted octanol–water partition coefficient (Wildman–Crippen LogP) is 1.24. The highest BCUT2D eigenvalue weighted by Gasteiger charge is 2.31. The second kappa shape index (κ2) is 6.11. The van der Waals surface area contributed by atoms with Crippen molar-refractivity contribution in [1.29, 1.82) is 0 Å². The summed E-state index contributed by atoms with van der Waals surface area (Å²) in [4.78, 5) is 34.9. The summed E-state index contributed by atoms with van der Waals surface area (Å²) in [6.07, 6.45) is -1.48. The molecule has 0 aromatic heterocycles. The number of aliphatic carboxylic acids is 1. The standard InChI is InChI=1S/C16H16O6/c1-8(17)14-10(6-11(18)7-13(20)21)5-9-3-2-4-12(19)15(9)16(14)22/h2-4,11,18-19H,5-7H2,1H3,(H,20,21). The van der Waals surface area contributed by atoms with Crippen molar-refractivity contribution >= 4 is 17.5 Å². The summed E-state index contributed by atoms with van der Waals surface area (Å²) in [6, 6.07) is 4.62. The zero-order valence-corrected chi connectivity index (χ0v) is 12.0.